The molecule has 1 nitrogen and oxygen atoms in total. The first-order valence-corrected chi connectivity index (χ1v) is 6.03. The van der Waals surface area contributed by atoms with Crippen molar-refractivity contribution in [3.05, 3.63) is 35.4 Å². The van der Waals surface area contributed by atoms with Gasteiger partial charge in [-0.15, -0.1) is 0 Å². The molecule has 1 fully saturated rings. The molecule has 0 amide bonds. The largest absolute Gasteiger partial charge is 0.316 e. The van der Waals surface area contributed by atoms with Crippen LogP contribution in [0.25, 0.3) is 0 Å². The second kappa shape index (κ2) is 4.54. The van der Waals surface area contributed by atoms with E-state index < -0.39 is 5.67 Å². The Kier molecular flexibility index (Phi) is 3.29. The van der Waals surface area contributed by atoms with Crippen LogP contribution in [-0.4, -0.2) is 18.8 Å². The summed E-state index contributed by atoms with van der Waals surface area (Å²) in [6.45, 7) is 5.42. The highest BCUT2D eigenvalue weighted by atomic mass is 19.1. The van der Waals surface area contributed by atoms with Crippen LogP contribution >= 0.6 is 0 Å². The average Bonchev–Trinajstić information content (AvgIpc) is 2.21. The summed E-state index contributed by atoms with van der Waals surface area (Å²) in [5.74, 6) is 0.100. The SMILES string of the molecule is Cc1cccc(CC2CNCCC2(C)F)c1. The van der Waals surface area contributed by atoms with Crippen LogP contribution in [0.5, 0.6) is 0 Å². The van der Waals surface area contributed by atoms with Gasteiger partial charge in [0.1, 0.15) is 5.67 Å². The summed E-state index contributed by atoms with van der Waals surface area (Å²) < 4.78 is 14.3. The number of halogens is 1. The summed E-state index contributed by atoms with van der Waals surface area (Å²) in [5.41, 5.74) is 1.48. The highest BCUT2D eigenvalue weighted by Crippen LogP contribution is 2.30. The van der Waals surface area contributed by atoms with Crippen LogP contribution in [0.2, 0.25) is 0 Å². The summed E-state index contributed by atoms with van der Waals surface area (Å²) in [6, 6.07) is 8.39. The van der Waals surface area contributed by atoms with Crippen molar-refractivity contribution in [3.63, 3.8) is 0 Å². The van der Waals surface area contributed by atoms with E-state index in [0.29, 0.717) is 6.42 Å². The minimum atomic E-state index is -1.02. The quantitative estimate of drug-likeness (QED) is 0.809. The molecule has 0 bridgehead atoms. The van der Waals surface area contributed by atoms with Gasteiger partial charge in [0.2, 0.25) is 0 Å². The van der Waals surface area contributed by atoms with Gasteiger partial charge in [-0.3, -0.25) is 0 Å². The lowest BCUT2D eigenvalue weighted by molar-refractivity contribution is 0.0676. The molecule has 0 aliphatic carbocycles. The van der Waals surface area contributed by atoms with Crippen LogP contribution in [0.1, 0.15) is 24.5 Å². The third-order valence-electron chi connectivity index (χ3n) is 3.60. The van der Waals surface area contributed by atoms with Crippen molar-refractivity contribution in [1.29, 1.82) is 0 Å². The van der Waals surface area contributed by atoms with Crippen LogP contribution < -0.4 is 5.32 Å². The minimum Gasteiger partial charge on any atom is -0.316 e. The number of rotatable bonds is 2. The summed E-state index contributed by atoms with van der Waals surface area (Å²) in [6.07, 6.45) is 1.46. The van der Waals surface area contributed by atoms with Crippen molar-refractivity contribution in [2.75, 3.05) is 13.1 Å². The van der Waals surface area contributed by atoms with E-state index in [9.17, 15) is 4.39 Å². The fourth-order valence-electron chi connectivity index (χ4n) is 2.43. The third kappa shape index (κ3) is 2.62. The molecule has 1 aromatic rings. The Hall–Kier alpha value is -0.890. The lowest BCUT2D eigenvalue weighted by atomic mass is 9.81. The maximum Gasteiger partial charge on any atom is 0.113 e. The molecular formula is C14H20FN. The zero-order valence-corrected chi connectivity index (χ0v) is 10.1. The maximum absolute atomic E-state index is 14.3. The molecule has 1 N–H and O–H groups in total. The topological polar surface area (TPSA) is 12.0 Å². The number of benzene rings is 1. The van der Waals surface area contributed by atoms with Crippen LogP contribution in [-0.2, 0) is 6.42 Å². The second-order valence-electron chi connectivity index (χ2n) is 5.12. The number of alkyl halides is 1. The molecular weight excluding hydrogens is 201 g/mol. The van der Waals surface area contributed by atoms with Gasteiger partial charge in [0.05, 0.1) is 0 Å². The van der Waals surface area contributed by atoms with Gasteiger partial charge >= 0.3 is 0 Å². The van der Waals surface area contributed by atoms with Gasteiger partial charge in [0.15, 0.2) is 0 Å². The summed E-state index contributed by atoms with van der Waals surface area (Å²) in [4.78, 5) is 0. The molecule has 1 aromatic carbocycles. The molecule has 2 unspecified atom stereocenters. The van der Waals surface area contributed by atoms with Crippen LogP contribution in [0.15, 0.2) is 24.3 Å². The van der Waals surface area contributed by atoms with Crippen molar-refractivity contribution >= 4 is 0 Å². The number of nitrogens with one attached hydrogen (secondary N) is 1. The third-order valence-corrected chi connectivity index (χ3v) is 3.60. The normalized spacial score (nSPS) is 30.3. The van der Waals surface area contributed by atoms with Gasteiger partial charge in [-0.05, 0) is 38.8 Å². The van der Waals surface area contributed by atoms with Gasteiger partial charge in [-0.2, -0.15) is 0 Å². The van der Waals surface area contributed by atoms with Gasteiger partial charge in [0, 0.05) is 12.5 Å². The molecule has 1 aliphatic heterocycles. The molecule has 1 aliphatic rings. The van der Waals surface area contributed by atoms with E-state index in [1.165, 1.54) is 11.1 Å². The molecule has 0 saturated carbocycles. The van der Waals surface area contributed by atoms with Gasteiger partial charge < -0.3 is 5.32 Å². The zero-order chi connectivity index (χ0) is 11.6. The Morgan fingerprint density at radius 1 is 1.50 bits per heavy atom. The van der Waals surface area contributed by atoms with E-state index in [2.05, 4.69) is 36.5 Å². The van der Waals surface area contributed by atoms with E-state index >= 15 is 0 Å². The zero-order valence-electron chi connectivity index (χ0n) is 10.1. The molecule has 1 heterocycles. The number of hydrogen-bond donors (Lipinski definition) is 1. The van der Waals surface area contributed by atoms with E-state index in [-0.39, 0.29) is 5.92 Å². The predicted molar refractivity (Wildman–Crippen MR) is 65.4 cm³/mol. The monoisotopic (exact) mass is 221 g/mol. The van der Waals surface area contributed by atoms with Crippen LogP contribution in [0.4, 0.5) is 4.39 Å². The fourth-order valence-corrected chi connectivity index (χ4v) is 2.43. The van der Waals surface area contributed by atoms with Crippen molar-refractivity contribution < 1.29 is 4.39 Å². The average molecular weight is 221 g/mol. The van der Waals surface area contributed by atoms with Crippen molar-refractivity contribution in [3.8, 4) is 0 Å². The molecule has 1 saturated heterocycles. The summed E-state index contributed by atoms with van der Waals surface area (Å²) >= 11 is 0. The Morgan fingerprint density at radius 2 is 2.31 bits per heavy atom. The molecule has 0 aromatic heterocycles. The standard InChI is InChI=1S/C14H20FN/c1-11-4-3-5-12(8-11)9-13-10-16-7-6-14(13,2)15/h3-5,8,13,16H,6-7,9-10H2,1-2H3. The van der Waals surface area contributed by atoms with Crippen molar-refractivity contribution in [2.24, 2.45) is 5.92 Å². The Bertz CT molecular complexity index is 360. The number of piperidine rings is 1. The van der Waals surface area contributed by atoms with E-state index in [1.807, 2.05) is 0 Å². The van der Waals surface area contributed by atoms with E-state index in [4.69, 9.17) is 0 Å². The van der Waals surface area contributed by atoms with E-state index in [1.54, 1.807) is 6.92 Å². The molecule has 2 atom stereocenters. The summed E-state index contributed by atoms with van der Waals surface area (Å²) in [5, 5.41) is 3.29. The smallest absolute Gasteiger partial charge is 0.113 e. The predicted octanol–water partition coefficient (Wildman–Crippen LogP) is 2.88. The van der Waals surface area contributed by atoms with E-state index in [0.717, 1.165) is 19.5 Å². The molecule has 2 heteroatoms. The highest BCUT2D eigenvalue weighted by molar-refractivity contribution is 5.23. The Balaban J connectivity index is 2.08. The minimum absolute atomic E-state index is 0.100. The summed E-state index contributed by atoms with van der Waals surface area (Å²) in [7, 11) is 0. The molecule has 2 rings (SSSR count). The molecule has 16 heavy (non-hydrogen) atoms. The number of hydrogen-bond acceptors (Lipinski definition) is 1. The van der Waals surface area contributed by atoms with Gasteiger partial charge in [-0.25, -0.2) is 4.39 Å². The molecule has 0 radical (unpaired) electrons. The Morgan fingerprint density at radius 3 is 3.00 bits per heavy atom. The lowest BCUT2D eigenvalue weighted by Crippen LogP contribution is -2.46. The van der Waals surface area contributed by atoms with Crippen molar-refractivity contribution in [1.82, 2.24) is 5.32 Å². The Labute approximate surface area is 97.1 Å². The first-order chi connectivity index (χ1) is 7.58. The van der Waals surface area contributed by atoms with Gasteiger partial charge in [-0.1, -0.05) is 29.8 Å². The first-order valence-electron chi connectivity index (χ1n) is 6.03. The van der Waals surface area contributed by atoms with Gasteiger partial charge in [0.25, 0.3) is 0 Å². The fraction of sp³-hybridized carbons (Fsp3) is 0.571. The second-order valence-corrected chi connectivity index (χ2v) is 5.12. The highest BCUT2D eigenvalue weighted by Gasteiger charge is 2.36. The lowest BCUT2D eigenvalue weighted by Gasteiger charge is -2.35. The number of aryl methyl sites for hydroxylation is 1. The maximum atomic E-state index is 14.3. The molecule has 88 valence electrons. The molecule has 0 spiro atoms. The van der Waals surface area contributed by atoms with Crippen LogP contribution in [0, 0.1) is 12.8 Å². The van der Waals surface area contributed by atoms with Crippen molar-refractivity contribution in [2.45, 2.75) is 32.4 Å². The van der Waals surface area contributed by atoms with Crippen LogP contribution in [0.3, 0.4) is 0 Å². The first kappa shape index (κ1) is 11.6.